The average molecular weight is 313 g/mol. The fourth-order valence-electron chi connectivity index (χ4n) is 3.19. The lowest BCUT2D eigenvalue weighted by Gasteiger charge is -2.27. The third kappa shape index (κ3) is 2.48. The van der Waals surface area contributed by atoms with Crippen LogP contribution in [0, 0.1) is 13.8 Å². The van der Waals surface area contributed by atoms with E-state index in [2.05, 4.69) is 9.97 Å². The molecule has 1 fully saturated rings. The fourth-order valence-corrected chi connectivity index (χ4v) is 3.19. The first kappa shape index (κ1) is 14.2. The molecule has 1 N–H and O–H groups in total. The zero-order valence-electron chi connectivity index (χ0n) is 13.3. The molecule has 0 radical (unpaired) electrons. The minimum Gasteiger partial charge on any atom is -0.465 e. The minimum absolute atomic E-state index is 0.0384. The van der Waals surface area contributed by atoms with Crippen LogP contribution < -0.4 is 5.56 Å². The Hall–Kier alpha value is -2.37. The maximum absolute atomic E-state index is 12.8. The van der Waals surface area contributed by atoms with E-state index in [9.17, 15) is 9.59 Å². The van der Waals surface area contributed by atoms with Gasteiger partial charge in [0, 0.05) is 18.0 Å². The van der Waals surface area contributed by atoms with Crippen LogP contribution in [0.15, 0.2) is 15.3 Å². The molecule has 0 bridgehead atoms. The van der Waals surface area contributed by atoms with Crippen LogP contribution in [0.5, 0.6) is 0 Å². The first-order valence-electron chi connectivity index (χ1n) is 8.01. The van der Waals surface area contributed by atoms with E-state index < -0.39 is 0 Å². The number of nitrogens with zero attached hydrogens (tertiary/aromatic N) is 2. The molecule has 1 aliphatic carbocycles. The summed E-state index contributed by atoms with van der Waals surface area (Å²) in [7, 11) is 0. The van der Waals surface area contributed by atoms with E-state index >= 15 is 0 Å². The summed E-state index contributed by atoms with van der Waals surface area (Å²) in [4.78, 5) is 33.6. The number of aromatic amines is 1. The number of carbonyl (C=O) groups excluding carboxylic acids is 1. The number of H-pyrrole nitrogens is 1. The molecule has 23 heavy (non-hydrogen) atoms. The Morgan fingerprint density at radius 1 is 1.39 bits per heavy atom. The van der Waals surface area contributed by atoms with Crippen molar-refractivity contribution in [2.75, 3.05) is 6.54 Å². The van der Waals surface area contributed by atoms with Crippen LogP contribution in [-0.2, 0) is 13.0 Å². The molecule has 0 atom stereocenters. The van der Waals surface area contributed by atoms with Crippen LogP contribution in [-0.4, -0.2) is 27.3 Å². The molecule has 1 saturated carbocycles. The van der Waals surface area contributed by atoms with Gasteiger partial charge in [-0.25, -0.2) is 4.98 Å². The smallest absolute Gasteiger partial charge is 0.257 e. The highest BCUT2D eigenvalue weighted by molar-refractivity contribution is 5.95. The molecule has 1 amide bonds. The number of aromatic nitrogens is 2. The van der Waals surface area contributed by atoms with Crippen molar-refractivity contribution in [1.82, 2.24) is 14.9 Å². The molecule has 0 saturated heterocycles. The van der Waals surface area contributed by atoms with Gasteiger partial charge in [0.15, 0.2) is 0 Å². The predicted molar refractivity (Wildman–Crippen MR) is 83.5 cm³/mol. The molecular weight excluding hydrogens is 294 g/mol. The van der Waals surface area contributed by atoms with E-state index in [1.54, 1.807) is 11.8 Å². The lowest BCUT2D eigenvalue weighted by atomic mass is 10.1. The van der Waals surface area contributed by atoms with Gasteiger partial charge in [-0.15, -0.1) is 0 Å². The van der Waals surface area contributed by atoms with Crippen LogP contribution in [0.1, 0.15) is 57.7 Å². The fraction of sp³-hybridized carbons (Fsp3) is 0.471. The van der Waals surface area contributed by atoms with Gasteiger partial charge in [-0.1, -0.05) is 0 Å². The van der Waals surface area contributed by atoms with E-state index in [1.807, 2.05) is 13.0 Å². The summed E-state index contributed by atoms with van der Waals surface area (Å²) in [6, 6.07) is 1.89. The van der Waals surface area contributed by atoms with Crippen LogP contribution >= 0.6 is 0 Å². The first-order chi connectivity index (χ1) is 11.0. The summed E-state index contributed by atoms with van der Waals surface area (Å²) in [6.07, 6.45) is 2.82. The molecule has 6 nitrogen and oxygen atoms in total. The van der Waals surface area contributed by atoms with Crippen molar-refractivity contribution < 1.29 is 9.21 Å². The molecule has 3 heterocycles. The lowest BCUT2D eigenvalue weighted by Crippen LogP contribution is -2.39. The second-order valence-electron chi connectivity index (χ2n) is 6.45. The number of nitrogens with one attached hydrogen (secondary N) is 1. The summed E-state index contributed by atoms with van der Waals surface area (Å²) in [5.74, 6) is 2.63. The summed E-state index contributed by atoms with van der Waals surface area (Å²) < 4.78 is 5.74. The van der Waals surface area contributed by atoms with Gasteiger partial charge in [-0.05, 0) is 39.2 Å². The van der Waals surface area contributed by atoms with Crippen molar-refractivity contribution >= 4 is 5.91 Å². The highest BCUT2D eigenvalue weighted by atomic mass is 16.3. The largest absolute Gasteiger partial charge is 0.465 e. The van der Waals surface area contributed by atoms with Crippen LogP contribution in [0.4, 0.5) is 0 Å². The van der Waals surface area contributed by atoms with Crippen molar-refractivity contribution in [2.24, 2.45) is 0 Å². The quantitative estimate of drug-likeness (QED) is 0.920. The number of aryl methyl sites for hydroxylation is 2. The molecule has 1 aliphatic heterocycles. The standard InChI is InChI=1S/C17H19N3O3/c1-9-13(7-15(23-9)11-3-4-11)17(22)20-6-5-12-14(8-20)18-10(2)19-16(12)21/h7,11H,3-6,8H2,1-2H3,(H,18,19,21). The van der Waals surface area contributed by atoms with Crippen LogP contribution in [0.2, 0.25) is 0 Å². The first-order valence-corrected chi connectivity index (χ1v) is 8.01. The Labute approximate surface area is 133 Å². The number of rotatable bonds is 2. The monoisotopic (exact) mass is 313 g/mol. The summed E-state index contributed by atoms with van der Waals surface area (Å²) in [6.45, 7) is 4.50. The number of carbonyl (C=O) groups is 1. The summed E-state index contributed by atoms with van der Waals surface area (Å²) >= 11 is 0. The molecule has 6 heteroatoms. The molecule has 4 rings (SSSR count). The van der Waals surface area contributed by atoms with Crippen molar-refractivity contribution in [3.05, 3.63) is 50.6 Å². The second-order valence-corrected chi connectivity index (χ2v) is 6.45. The van der Waals surface area contributed by atoms with E-state index in [1.165, 1.54) is 0 Å². The van der Waals surface area contributed by atoms with Gasteiger partial charge in [-0.2, -0.15) is 0 Å². The van der Waals surface area contributed by atoms with Crippen LogP contribution in [0.25, 0.3) is 0 Å². The van der Waals surface area contributed by atoms with E-state index in [4.69, 9.17) is 4.42 Å². The Balaban J connectivity index is 1.61. The van der Waals surface area contributed by atoms with Gasteiger partial charge in [0.05, 0.1) is 17.8 Å². The molecule has 0 spiro atoms. The normalized spacial score (nSPS) is 17.2. The number of hydrogen-bond donors (Lipinski definition) is 1. The Morgan fingerprint density at radius 3 is 2.91 bits per heavy atom. The molecule has 2 aromatic heterocycles. The SMILES string of the molecule is Cc1nc2c(c(=O)[nH]1)CCN(C(=O)c1cc(C3CC3)oc1C)C2. The van der Waals surface area contributed by atoms with Gasteiger partial charge >= 0.3 is 0 Å². The van der Waals surface area contributed by atoms with Gasteiger partial charge in [0.25, 0.3) is 11.5 Å². The van der Waals surface area contributed by atoms with Crippen LogP contribution in [0.3, 0.4) is 0 Å². The van der Waals surface area contributed by atoms with E-state index in [-0.39, 0.29) is 11.5 Å². The highest BCUT2D eigenvalue weighted by Gasteiger charge is 2.31. The zero-order chi connectivity index (χ0) is 16.1. The van der Waals surface area contributed by atoms with Crippen molar-refractivity contribution in [3.8, 4) is 0 Å². The molecule has 2 aliphatic rings. The van der Waals surface area contributed by atoms with Gasteiger partial charge in [0.2, 0.25) is 0 Å². The highest BCUT2D eigenvalue weighted by Crippen LogP contribution is 2.41. The number of fused-ring (bicyclic) bond motifs is 1. The molecule has 2 aromatic rings. The Kier molecular flexibility index (Phi) is 3.14. The third-order valence-corrected chi connectivity index (χ3v) is 4.63. The lowest BCUT2D eigenvalue weighted by molar-refractivity contribution is 0.0729. The van der Waals surface area contributed by atoms with E-state index in [0.717, 1.165) is 18.6 Å². The zero-order valence-corrected chi connectivity index (χ0v) is 13.3. The Morgan fingerprint density at radius 2 is 2.17 bits per heavy atom. The molecule has 0 aromatic carbocycles. The Bertz CT molecular complexity index is 845. The van der Waals surface area contributed by atoms with Gasteiger partial charge in [-0.3, -0.25) is 9.59 Å². The summed E-state index contributed by atoms with van der Waals surface area (Å²) in [5.41, 5.74) is 1.95. The van der Waals surface area contributed by atoms with E-state index in [0.29, 0.717) is 53.8 Å². The van der Waals surface area contributed by atoms with Crippen molar-refractivity contribution in [2.45, 2.75) is 45.6 Å². The number of hydrogen-bond acceptors (Lipinski definition) is 4. The topological polar surface area (TPSA) is 79.2 Å². The molecule has 120 valence electrons. The van der Waals surface area contributed by atoms with Gasteiger partial charge in [0.1, 0.15) is 17.3 Å². The van der Waals surface area contributed by atoms with Crippen molar-refractivity contribution in [3.63, 3.8) is 0 Å². The maximum atomic E-state index is 12.8. The molecular formula is C17H19N3O3. The number of furan rings is 1. The maximum Gasteiger partial charge on any atom is 0.257 e. The summed E-state index contributed by atoms with van der Waals surface area (Å²) in [5, 5.41) is 0. The minimum atomic E-state index is -0.0879. The number of amides is 1. The third-order valence-electron chi connectivity index (χ3n) is 4.63. The average Bonchev–Trinajstić information content (AvgIpc) is 3.29. The molecule has 0 unspecified atom stereocenters. The second kappa shape index (κ2) is 5.08. The van der Waals surface area contributed by atoms with Crippen molar-refractivity contribution in [1.29, 1.82) is 0 Å². The van der Waals surface area contributed by atoms with Gasteiger partial charge < -0.3 is 14.3 Å². The predicted octanol–water partition coefficient (Wildman–Crippen LogP) is 2.06.